The molecule has 2 aliphatic heterocycles. The van der Waals surface area contributed by atoms with Crippen molar-refractivity contribution in [3.63, 3.8) is 0 Å². The van der Waals surface area contributed by atoms with Gasteiger partial charge in [0.15, 0.2) is 0 Å². The van der Waals surface area contributed by atoms with E-state index < -0.39 is 0 Å². The Morgan fingerprint density at radius 2 is 1.66 bits per heavy atom. The van der Waals surface area contributed by atoms with E-state index in [-0.39, 0.29) is 0 Å². The lowest BCUT2D eigenvalue weighted by Gasteiger charge is -2.43. The first-order chi connectivity index (χ1) is 20.0. The number of hydrogen-bond acceptors (Lipinski definition) is 5. The SMILES string of the molecule is CC(C)Cn1ccnc1CN(Cc1ccc(CN2CCC3(CCN(C4CCCCC4)CC3)C2)cc1)Cc1ncc[nH]1. The normalized spacial score (nSPS) is 20.6. The standard InChI is InChI=1S/C34H51N7/c1-28(2)22-41-21-17-37-33(41)26-39(25-32-35-15-16-36-32)24-30-10-8-29(9-11-30)23-38-18-12-34(27-38)13-19-40(20-14-34)31-6-4-3-5-7-31/h8-11,15-17,21,28,31H,3-7,12-14,18-20,22-27H2,1-2H3,(H,35,36). The van der Waals surface area contributed by atoms with Crippen LogP contribution in [-0.4, -0.2) is 66.4 Å². The minimum atomic E-state index is 0.568. The van der Waals surface area contributed by atoms with Gasteiger partial charge in [-0.1, -0.05) is 57.4 Å². The molecule has 0 unspecified atom stereocenters. The zero-order valence-electron chi connectivity index (χ0n) is 25.5. The van der Waals surface area contributed by atoms with Crippen molar-refractivity contribution in [2.75, 3.05) is 26.2 Å². The summed E-state index contributed by atoms with van der Waals surface area (Å²) in [7, 11) is 0. The van der Waals surface area contributed by atoms with E-state index >= 15 is 0 Å². The molecule has 1 saturated carbocycles. The summed E-state index contributed by atoms with van der Waals surface area (Å²) in [6.45, 7) is 14.3. The van der Waals surface area contributed by atoms with E-state index in [1.54, 1.807) is 0 Å². The average Bonchev–Trinajstić information content (AvgIpc) is 3.74. The Morgan fingerprint density at radius 1 is 0.902 bits per heavy atom. The van der Waals surface area contributed by atoms with Gasteiger partial charge >= 0.3 is 0 Å². The van der Waals surface area contributed by atoms with Gasteiger partial charge in [0.1, 0.15) is 11.6 Å². The Hall–Kier alpha value is -2.48. The number of piperidine rings is 1. The summed E-state index contributed by atoms with van der Waals surface area (Å²) in [5, 5.41) is 0. The Labute approximate surface area is 247 Å². The van der Waals surface area contributed by atoms with Crippen LogP contribution in [0.15, 0.2) is 49.1 Å². The zero-order valence-corrected chi connectivity index (χ0v) is 25.5. The molecule has 2 saturated heterocycles. The number of aromatic nitrogens is 4. The summed E-state index contributed by atoms with van der Waals surface area (Å²) >= 11 is 0. The van der Waals surface area contributed by atoms with E-state index in [2.05, 4.69) is 73.5 Å². The summed E-state index contributed by atoms with van der Waals surface area (Å²) in [5.74, 6) is 2.71. The van der Waals surface area contributed by atoms with Gasteiger partial charge in [-0.25, -0.2) is 9.97 Å². The first-order valence-electron chi connectivity index (χ1n) is 16.3. The van der Waals surface area contributed by atoms with Gasteiger partial charge in [0, 0.05) is 57.0 Å². The summed E-state index contributed by atoms with van der Waals surface area (Å²) in [6.07, 6.45) is 19.2. The third-order valence-corrected chi connectivity index (χ3v) is 9.96. The molecule has 4 heterocycles. The summed E-state index contributed by atoms with van der Waals surface area (Å²) < 4.78 is 2.30. The Bertz CT molecular complexity index is 1180. The molecule has 3 aliphatic rings. The zero-order chi connectivity index (χ0) is 28.1. The summed E-state index contributed by atoms with van der Waals surface area (Å²) in [5.41, 5.74) is 3.35. The van der Waals surface area contributed by atoms with Crippen LogP contribution >= 0.6 is 0 Å². The number of benzene rings is 1. The maximum Gasteiger partial charge on any atom is 0.122 e. The van der Waals surface area contributed by atoms with Crippen molar-refractivity contribution in [3.8, 4) is 0 Å². The van der Waals surface area contributed by atoms with Crippen LogP contribution in [0.5, 0.6) is 0 Å². The fourth-order valence-electron chi connectivity index (χ4n) is 7.66. The topological polar surface area (TPSA) is 56.2 Å². The van der Waals surface area contributed by atoms with Crippen molar-refractivity contribution in [2.45, 2.75) is 104 Å². The number of H-pyrrole nitrogens is 1. The third kappa shape index (κ3) is 7.49. The predicted octanol–water partition coefficient (Wildman–Crippen LogP) is 6.09. The highest BCUT2D eigenvalue weighted by molar-refractivity contribution is 5.23. The van der Waals surface area contributed by atoms with Gasteiger partial charge in [-0.15, -0.1) is 0 Å². The van der Waals surface area contributed by atoms with Crippen LogP contribution < -0.4 is 0 Å². The van der Waals surface area contributed by atoms with Crippen molar-refractivity contribution >= 4 is 0 Å². The molecule has 1 N–H and O–H groups in total. The Morgan fingerprint density at radius 3 is 2.39 bits per heavy atom. The second kappa shape index (κ2) is 13.2. The van der Waals surface area contributed by atoms with Crippen LogP contribution in [0.3, 0.4) is 0 Å². The molecule has 222 valence electrons. The first kappa shape index (κ1) is 28.6. The number of imidazole rings is 2. The molecule has 0 atom stereocenters. The molecule has 1 spiro atoms. The van der Waals surface area contributed by atoms with Gasteiger partial charge in [0.25, 0.3) is 0 Å². The Kier molecular flexibility index (Phi) is 9.23. The van der Waals surface area contributed by atoms with Crippen LogP contribution in [0.4, 0.5) is 0 Å². The van der Waals surface area contributed by atoms with Gasteiger partial charge < -0.3 is 14.5 Å². The fraction of sp³-hybridized carbons (Fsp3) is 0.647. The molecule has 7 heteroatoms. The number of likely N-dealkylation sites (tertiary alicyclic amines) is 2. The van der Waals surface area contributed by atoms with Crippen molar-refractivity contribution in [1.82, 2.24) is 34.2 Å². The highest BCUT2D eigenvalue weighted by Gasteiger charge is 2.41. The van der Waals surface area contributed by atoms with Crippen LogP contribution in [0.1, 0.15) is 88.0 Å². The van der Waals surface area contributed by atoms with E-state index in [1.807, 2.05) is 18.6 Å². The largest absolute Gasteiger partial charge is 0.348 e. The second-order valence-electron chi connectivity index (χ2n) is 13.7. The van der Waals surface area contributed by atoms with Crippen molar-refractivity contribution in [1.29, 1.82) is 0 Å². The molecule has 1 aromatic carbocycles. The quantitative estimate of drug-likeness (QED) is 0.309. The van der Waals surface area contributed by atoms with E-state index in [0.29, 0.717) is 11.3 Å². The summed E-state index contributed by atoms with van der Waals surface area (Å²) in [4.78, 5) is 20.5. The van der Waals surface area contributed by atoms with Crippen LogP contribution in [0, 0.1) is 11.3 Å². The van der Waals surface area contributed by atoms with Crippen LogP contribution in [0.25, 0.3) is 0 Å². The number of nitrogens with zero attached hydrogens (tertiary/aromatic N) is 6. The molecule has 41 heavy (non-hydrogen) atoms. The molecular formula is C34H51N7. The van der Waals surface area contributed by atoms with Crippen molar-refractivity contribution < 1.29 is 0 Å². The van der Waals surface area contributed by atoms with Crippen molar-refractivity contribution in [2.24, 2.45) is 11.3 Å². The maximum atomic E-state index is 4.70. The molecule has 0 bridgehead atoms. The lowest BCUT2D eigenvalue weighted by molar-refractivity contribution is 0.0615. The molecule has 0 radical (unpaired) electrons. The molecule has 7 nitrogen and oxygen atoms in total. The predicted molar refractivity (Wildman–Crippen MR) is 165 cm³/mol. The first-order valence-corrected chi connectivity index (χ1v) is 16.3. The summed E-state index contributed by atoms with van der Waals surface area (Å²) in [6, 6.07) is 10.3. The smallest absolute Gasteiger partial charge is 0.122 e. The average molecular weight is 558 g/mol. The molecule has 0 amide bonds. The number of rotatable bonds is 11. The van der Waals surface area contributed by atoms with E-state index in [0.717, 1.165) is 50.4 Å². The third-order valence-electron chi connectivity index (χ3n) is 9.96. The maximum absolute atomic E-state index is 4.70. The molecule has 2 aromatic heterocycles. The van der Waals surface area contributed by atoms with Gasteiger partial charge in [-0.3, -0.25) is 9.80 Å². The number of nitrogens with one attached hydrogen (secondary N) is 1. The van der Waals surface area contributed by atoms with Crippen molar-refractivity contribution in [3.05, 3.63) is 71.8 Å². The van der Waals surface area contributed by atoms with Crippen LogP contribution in [-0.2, 0) is 32.7 Å². The lowest BCUT2D eigenvalue weighted by Crippen LogP contribution is -2.46. The molecule has 1 aliphatic carbocycles. The highest BCUT2D eigenvalue weighted by atomic mass is 15.2. The minimum absolute atomic E-state index is 0.568. The van der Waals surface area contributed by atoms with Gasteiger partial charge in [-0.05, 0) is 74.2 Å². The molecular weight excluding hydrogens is 506 g/mol. The minimum Gasteiger partial charge on any atom is -0.348 e. The Balaban J connectivity index is 1.03. The van der Waals surface area contributed by atoms with E-state index in [4.69, 9.17) is 4.98 Å². The van der Waals surface area contributed by atoms with Crippen LogP contribution in [0.2, 0.25) is 0 Å². The van der Waals surface area contributed by atoms with Gasteiger partial charge in [-0.2, -0.15) is 0 Å². The lowest BCUT2D eigenvalue weighted by atomic mass is 9.77. The molecule has 6 rings (SSSR count). The highest BCUT2D eigenvalue weighted by Crippen LogP contribution is 2.42. The molecule has 3 aromatic rings. The second-order valence-corrected chi connectivity index (χ2v) is 13.7. The van der Waals surface area contributed by atoms with Gasteiger partial charge in [0.2, 0.25) is 0 Å². The van der Waals surface area contributed by atoms with E-state index in [9.17, 15) is 0 Å². The monoisotopic (exact) mass is 557 g/mol. The van der Waals surface area contributed by atoms with Gasteiger partial charge in [0.05, 0.1) is 13.1 Å². The van der Waals surface area contributed by atoms with E-state index in [1.165, 1.54) is 88.7 Å². The number of aromatic amines is 1. The fourth-order valence-corrected chi connectivity index (χ4v) is 7.66. The molecule has 3 fully saturated rings. The number of hydrogen-bond donors (Lipinski definition) is 1.